The quantitative estimate of drug-likeness (QED) is 0.610. The Labute approximate surface area is 174 Å². The van der Waals surface area contributed by atoms with Crippen LogP contribution in [-0.2, 0) is 16.0 Å². The van der Waals surface area contributed by atoms with Crippen LogP contribution < -0.4 is 16.0 Å². The number of hydrogen-bond acceptors (Lipinski definition) is 3. The Balaban J connectivity index is 1.53. The zero-order valence-electron chi connectivity index (χ0n) is 15.5. The number of anilines is 2. The summed E-state index contributed by atoms with van der Waals surface area (Å²) < 4.78 is 0. The molecule has 0 unspecified atom stereocenters. The number of rotatable bonds is 6. The predicted molar refractivity (Wildman–Crippen MR) is 117 cm³/mol. The smallest absolute Gasteiger partial charge is 0.227 e. The summed E-state index contributed by atoms with van der Waals surface area (Å²) >= 11 is 11.4. The fourth-order valence-corrected chi connectivity index (χ4v) is 3.23. The van der Waals surface area contributed by atoms with Crippen molar-refractivity contribution in [2.24, 2.45) is 5.92 Å². The standard InChI is InChI=1S/C21H22ClN3O2S/c1-13-17(23-20(27)15-9-10-15)7-4-8-18(13)24-21(28)25-19(26)12-11-14-5-2-3-6-16(14)22/h2-8,15H,9-12H2,1H3,(H,23,27)(H2,24,25,26,28). The minimum absolute atomic E-state index is 0.0516. The normalized spacial score (nSPS) is 12.9. The minimum atomic E-state index is -0.187. The number of thiocarbonyl (C=S) groups is 1. The Kier molecular flexibility index (Phi) is 6.65. The lowest BCUT2D eigenvalue weighted by Crippen LogP contribution is -2.34. The molecule has 0 heterocycles. The molecule has 0 radical (unpaired) electrons. The minimum Gasteiger partial charge on any atom is -0.332 e. The van der Waals surface area contributed by atoms with E-state index in [1.165, 1.54) is 0 Å². The summed E-state index contributed by atoms with van der Waals surface area (Å²) in [5.74, 6) is -0.00142. The van der Waals surface area contributed by atoms with E-state index in [0.717, 1.165) is 35.3 Å². The summed E-state index contributed by atoms with van der Waals surface area (Å²) in [6.45, 7) is 1.90. The van der Waals surface area contributed by atoms with Crippen LogP contribution >= 0.6 is 23.8 Å². The van der Waals surface area contributed by atoms with Gasteiger partial charge in [0.15, 0.2) is 5.11 Å². The first-order chi connectivity index (χ1) is 13.4. The lowest BCUT2D eigenvalue weighted by molar-refractivity contribution is -0.119. The van der Waals surface area contributed by atoms with Gasteiger partial charge in [-0.25, -0.2) is 0 Å². The largest absolute Gasteiger partial charge is 0.332 e. The van der Waals surface area contributed by atoms with Crippen molar-refractivity contribution >= 4 is 52.1 Å². The molecule has 3 rings (SSSR count). The molecule has 146 valence electrons. The van der Waals surface area contributed by atoms with E-state index >= 15 is 0 Å². The zero-order valence-corrected chi connectivity index (χ0v) is 17.1. The van der Waals surface area contributed by atoms with Crippen molar-refractivity contribution in [3.05, 3.63) is 58.6 Å². The van der Waals surface area contributed by atoms with E-state index in [-0.39, 0.29) is 29.3 Å². The molecular weight excluding hydrogens is 394 g/mol. The van der Waals surface area contributed by atoms with Crippen molar-refractivity contribution in [3.8, 4) is 0 Å². The van der Waals surface area contributed by atoms with Gasteiger partial charge in [-0.3, -0.25) is 9.59 Å². The molecular formula is C21H22ClN3O2S. The number of aryl methyl sites for hydroxylation is 1. The number of hydrogen-bond donors (Lipinski definition) is 3. The summed E-state index contributed by atoms with van der Waals surface area (Å²) in [4.78, 5) is 24.2. The maximum absolute atomic E-state index is 12.2. The second-order valence-corrected chi connectivity index (χ2v) is 7.65. The molecule has 0 aliphatic heterocycles. The van der Waals surface area contributed by atoms with Crippen LogP contribution in [0.5, 0.6) is 0 Å². The molecule has 0 bridgehead atoms. The fraction of sp³-hybridized carbons (Fsp3) is 0.286. The summed E-state index contributed by atoms with van der Waals surface area (Å²) in [5, 5.41) is 9.53. The summed E-state index contributed by atoms with van der Waals surface area (Å²) in [5.41, 5.74) is 3.28. The summed E-state index contributed by atoms with van der Waals surface area (Å²) in [6, 6.07) is 13.0. The summed E-state index contributed by atoms with van der Waals surface area (Å²) in [7, 11) is 0. The van der Waals surface area contributed by atoms with Crippen molar-refractivity contribution in [1.82, 2.24) is 5.32 Å². The molecule has 3 N–H and O–H groups in total. The molecule has 2 aromatic rings. The highest BCUT2D eigenvalue weighted by atomic mass is 35.5. The first-order valence-electron chi connectivity index (χ1n) is 9.19. The summed E-state index contributed by atoms with van der Waals surface area (Å²) in [6.07, 6.45) is 2.72. The Morgan fingerprint density at radius 2 is 1.75 bits per heavy atom. The molecule has 1 aliphatic carbocycles. The molecule has 28 heavy (non-hydrogen) atoms. The molecule has 0 atom stereocenters. The van der Waals surface area contributed by atoms with Gasteiger partial charge in [0, 0.05) is 28.7 Å². The second-order valence-electron chi connectivity index (χ2n) is 6.84. The van der Waals surface area contributed by atoms with Crippen LogP contribution in [0.1, 0.15) is 30.4 Å². The Bertz CT molecular complexity index is 912. The van der Waals surface area contributed by atoms with Gasteiger partial charge >= 0.3 is 0 Å². The van der Waals surface area contributed by atoms with Crippen LogP contribution in [0.2, 0.25) is 5.02 Å². The topological polar surface area (TPSA) is 70.2 Å². The highest BCUT2D eigenvalue weighted by Gasteiger charge is 2.29. The van der Waals surface area contributed by atoms with Gasteiger partial charge in [0.1, 0.15) is 0 Å². The number of carbonyl (C=O) groups excluding carboxylic acids is 2. The van der Waals surface area contributed by atoms with Gasteiger partial charge in [-0.2, -0.15) is 0 Å². The number of amides is 2. The fourth-order valence-electron chi connectivity index (χ4n) is 2.78. The molecule has 2 aromatic carbocycles. The number of carbonyl (C=O) groups is 2. The van der Waals surface area contributed by atoms with E-state index in [4.69, 9.17) is 23.8 Å². The molecule has 0 saturated heterocycles. The van der Waals surface area contributed by atoms with Gasteiger partial charge in [-0.05, 0) is 67.7 Å². The molecule has 1 aliphatic rings. The van der Waals surface area contributed by atoms with Crippen LogP contribution in [0.3, 0.4) is 0 Å². The molecule has 1 fully saturated rings. The van der Waals surface area contributed by atoms with Gasteiger partial charge in [-0.15, -0.1) is 0 Å². The molecule has 1 saturated carbocycles. The van der Waals surface area contributed by atoms with E-state index in [1.54, 1.807) is 6.07 Å². The van der Waals surface area contributed by atoms with Crippen molar-refractivity contribution in [2.45, 2.75) is 32.6 Å². The predicted octanol–water partition coefficient (Wildman–Crippen LogP) is 4.44. The Morgan fingerprint density at radius 3 is 2.43 bits per heavy atom. The average Bonchev–Trinajstić information content (AvgIpc) is 3.49. The average molecular weight is 416 g/mol. The highest BCUT2D eigenvalue weighted by molar-refractivity contribution is 7.80. The van der Waals surface area contributed by atoms with Crippen LogP contribution in [0.25, 0.3) is 0 Å². The highest BCUT2D eigenvalue weighted by Crippen LogP contribution is 2.31. The van der Waals surface area contributed by atoms with Crippen LogP contribution in [0, 0.1) is 12.8 Å². The Morgan fingerprint density at radius 1 is 1.07 bits per heavy atom. The van der Waals surface area contributed by atoms with E-state index in [0.29, 0.717) is 11.4 Å². The zero-order chi connectivity index (χ0) is 20.1. The number of halogens is 1. The van der Waals surface area contributed by atoms with Gasteiger partial charge in [0.05, 0.1) is 0 Å². The van der Waals surface area contributed by atoms with Gasteiger partial charge in [0.2, 0.25) is 11.8 Å². The van der Waals surface area contributed by atoms with Crippen molar-refractivity contribution in [1.29, 1.82) is 0 Å². The van der Waals surface area contributed by atoms with Crippen molar-refractivity contribution in [3.63, 3.8) is 0 Å². The monoisotopic (exact) mass is 415 g/mol. The van der Waals surface area contributed by atoms with Gasteiger partial charge in [-0.1, -0.05) is 35.9 Å². The molecule has 5 nitrogen and oxygen atoms in total. The third-order valence-electron chi connectivity index (χ3n) is 4.62. The van der Waals surface area contributed by atoms with Crippen molar-refractivity contribution in [2.75, 3.05) is 10.6 Å². The first kappa shape index (κ1) is 20.3. The maximum Gasteiger partial charge on any atom is 0.227 e. The van der Waals surface area contributed by atoms with Gasteiger partial charge in [0.25, 0.3) is 0 Å². The molecule has 7 heteroatoms. The molecule has 0 spiro atoms. The molecule has 2 amide bonds. The lowest BCUT2D eigenvalue weighted by Gasteiger charge is -2.15. The van der Waals surface area contributed by atoms with E-state index in [1.807, 2.05) is 43.3 Å². The number of nitrogens with one attached hydrogen (secondary N) is 3. The SMILES string of the molecule is Cc1c(NC(=O)C2CC2)cccc1NC(=S)NC(=O)CCc1ccccc1Cl. The Hall–Kier alpha value is -2.44. The second kappa shape index (κ2) is 9.17. The van der Waals surface area contributed by atoms with Crippen molar-refractivity contribution < 1.29 is 9.59 Å². The third-order valence-corrected chi connectivity index (χ3v) is 5.19. The third kappa shape index (κ3) is 5.53. The van der Waals surface area contributed by atoms with E-state index in [2.05, 4.69) is 16.0 Å². The lowest BCUT2D eigenvalue weighted by atomic mass is 10.1. The number of benzene rings is 2. The van der Waals surface area contributed by atoms with Crippen LogP contribution in [-0.4, -0.2) is 16.9 Å². The van der Waals surface area contributed by atoms with Crippen LogP contribution in [0.4, 0.5) is 11.4 Å². The van der Waals surface area contributed by atoms with Gasteiger partial charge < -0.3 is 16.0 Å². The molecule has 0 aromatic heterocycles. The van der Waals surface area contributed by atoms with E-state index in [9.17, 15) is 9.59 Å². The van der Waals surface area contributed by atoms with E-state index < -0.39 is 0 Å². The van der Waals surface area contributed by atoms with Crippen LogP contribution in [0.15, 0.2) is 42.5 Å². The first-order valence-corrected chi connectivity index (χ1v) is 9.97. The maximum atomic E-state index is 12.2.